The molecule has 1 rings (SSSR count). The Balaban J connectivity index is 3.25. The van der Waals surface area contributed by atoms with Crippen LogP contribution in [0, 0.1) is 0 Å². The summed E-state index contributed by atoms with van der Waals surface area (Å²) in [6.45, 7) is 0. The summed E-state index contributed by atoms with van der Waals surface area (Å²) in [4.78, 5) is 12.2. The lowest BCUT2D eigenvalue weighted by atomic mass is 10.6. The molecule has 9 heteroatoms. The minimum absolute atomic E-state index is 0.00528. The van der Waals surface area contributed by atoms with Crippen LogP contribution in [0.2, 0.25) is 5.15 Å². The van der Waals surface area contributed by atoms with Gasteiger partial charge in [0.1, 0.15) is 5.82 Å². The number of rotatable bonds is 2. The summed E-state index contributed by atoms with van der Waals surface area (Å²) in [6, 6.07) is 0. The molecule has 0 amide bonds. The molecule has 0 N–H and O–H groups in total. The Morgan fingerprint density at radius 2 is 2.00 bits per heavy atom. The van der Waals surface area contributed by atoms with Crippen molar-refractivity contribution < 1.29 is 0 Å². The highest BCUT2D eigenvalue weighted by atomic mass is 35.5. The highest BCUT2D eigenvalue weighted by Crippen LogP contribution is 2.22. The molecular formula is C4HClN8. The maximum Gasteiger partial charge on any atom is 0.164 e. The van der Waals surface area contributed by atoms with Crippen molar-refractivity contribution in [2.75, 3.05) is 0 Å². The zero-order valence-electron chi connectivity index (χ0n) is 6.03. The molecule has 0 unspecified atom stereocenters. The number of hydrogen-bond donors (Lipinski definition) is 0. The van der Waals surface area contributed by atoms with Crippen molar-refractivity contribution in [3.8, 4) is 0 Å². The van der Waals surface area contributed by atoms with Crippen LogP contribution in [0.4, 0.5) is 11.6 Å². The minimum Gasteiger partial charge on any atom is -0.240 e. The first kappa shape index (κ1) is 9.08. The van der Waals surface area contributed by atoms with Crippen LogP contribution in [-0.2, 0) is 0 Å². The van der Waals surface area contributed by atoms with Crippen LogP contribution < -0.4 is 0 Å². The number of hydrogen-bond acceptors (Lipinski definition) is 4. The summed E-state index contributed by atoms with van der Waals surface area (Å²) in [5.74, 6) is -0.122. The molecule has 1 heterocycles. The van der Waals surface area contributed by atoms with Crippen LogP contribution in [0.1, 0.15) is 0 Å². The number of azide groups is 2. The fraction of sp³-hybridized carbons (Fsp3) is 0. The molecular weight excluding hydrogens is 196 g/mol. The van der Waals surface area contributed by atoms with Crippen molar-refractivity contribution in [3.05, 3.63) is 32.2 Å². The monoisotopic (exact) mass is 196 g/mol. The van der Waals surface area contributed by atoms with E-state index in [9.17, 15) is 0 Å². The van der Waals surface area contributed by atoms with Crippen LogP contribution >= 0.6 is 11.6 Å². The smallest absolute Gasteiger partial charge is 0.164 e. The van der Waals surface area contributed by atoms with E-state index >= 15 is 0 Å². The van der Waals surface area contributed by atoms with Gasteiger partial charge in [-0.05, 0) is 21.3 Å². The van der Waals surface area contributed by atoms with E-state index in [1.165, 1.54) is 6.20 Å². The lowest BCUT2D eigenvalue weighted by Gasteiger charge is -1.94. The highest BCUT2D eigenvalue weighted by Gasteiger charge is 2.01. The van der Waals surface area contributed by atoms with E-state index in [-0.39, 0.29) is 16.8 Å². The van der Waals surface area contributed by atoms with Gasteiger partial charge in [-0.2, -0.15) is 0 Å². The summed E-state index contributed by atoms with van der Waals surface area (Å²) < 4.78 is 0. The molecule has 0 saturated heterocycles. The van der Waals surface area contributed by atoms with E-state index in [1.54, 1.807) is 0 Å². The molecule has 1 aromatic rings. The molecule has 0 aromatic carbocycles. The van der Waals surface area contributed by atoms with Crippen LogP contribution in [0.15, 0.2) is 16.4 Å². The number of halogens is 1. The molecule has 0 aliphatic heterocycles. The molecule has 0 radical (unpaired) electrons. The van der Waals surface area contributed by atoms with E-state index in [2.05, 4.69) is 30.0 Å². The Kier molecular flexibility index (Phi) is 2.88. The van der Waals surface area contributed by atoms with E-state index < -0.39 is 0 Å². The Bertz CT molecular complexity index is 414. The third kappa shape index (κ3) is 2.21. The first-order valence-electron chi connectivity index (χ1n) is 2.90. The molecule has 0 bridgehead atoms. The average molecular weight is 197 g/mol. The van der Waals surface area contributed by atoms with Crippen LogP contribution in [0.25, 0.3) is 20.9 Å². The molecule has 0 saturated carbocycles. The summed E-state index contributed by atoms with van der Waals surface area (Å²) in [7, 11) is 0. The van der Waals surface area contributed by atoms with Gasteiger partial charge in [-0.25, -0.2) is 9.97 Å². The Morgan fingerprint density at radius 1 is 1.31 bits per heavy atom. The topological polar surface area (TPSA) is 123 Å². The predicted octanol–water partition coefficient (Wildman–Crippen LogP) is 3.01. The third-order valence-corrected chi connectivity index (χ3v) is 1.25. The molecule has 0 atom stereocenters. The minimum atomic E-state index is -0.117. The van der Waals surface area contributed by atoms with Crippen LogP contribution in [0.5, 0.6) is 0 Å². The standard InChI is InChI=1S/C4HClN8/c5-3-4(11-13-7)9-2(1-8-3)10-12-6/h1H. The fourth-order valence-corrected chi connectivity index (χ4v) is 0.684. The lowest BCUT2D eigenvalue weighted by Crippen LogP contribution is -1.79. The fourth-order valence-electron chi connectivity index (χ4n) is 0.556. The van der Waals surface area contributed by atoms with E-state index in [4.69, 9.17) is 22.7 Å². The maximum atomic E-state index is 8.09. The number of nitrogens with zero attached hydrogens (tertiary/aromatic N) is 8. The highest BCUT2D eigenvalue weighted by molar-refractivity contribution is 6.31. The third-order valence-electron chi connectivity index (χ3n) is 0.985. The molecule has 0 aliphatic rings. The van der Waals surface area contributed by atoms with Crippen molar-refractivity contribution in [3.63, 3.8) is 0 Å². The molecule has 0 spiro atoms. The molecule has 0 aliphatic carbocycles. The van der Waals surface area contributed by atoms with Gasteiger partial charge < -0.3 is 0 Å². The molecule has 13 heavy (non-hydrogen) atoms. The number of aromatic nitrogens is 2. The van der Waals surface area contributed by atoms with Gasteiger partial charge in [0.15, 0.2) is 11.0 Å². The molecule has 1 aromatic heterocycles. The average Bonchev–Trinajstić information content (AvgIpc) is 2.12. The first-order valence-corrected chi connectivity index (χ1v) is 3.28. The van der Waals surface area contributed by atoms with Crippen molar-refractivity contribution >= 4 is 23.2 Å². The second kappa shape index (κ2) is 4.13. The van der Waals surface area contributed by atoms with Crippen molar-refractivity contribution in [1.29, 1.82) is 0 Å². The quantitative estimate of drug-likeness (QED) is 0.410. The normalized spacial score (nSPS) is 8.38. The van der Waals surface area contributed by atoms with Crippen molar-refractivity contribution in [1.82, 2.24) is 9.97 Å². The van der Waals surface area contributed by atoms with Crippen molar-refractivity contribution in [2.24, 2.45) is 10.2 Å². The van der Waals surface area contributed by atoms with Gasteiger partial charge in [0, 0.05) is 9.82 Å². The van der Waals surface area contributed by atoms with Crippen molar-refractivity contribution in [2.45, 2.75) is 0 Å². The van der Waals surface area contributed by atoms with Gasteiger partial charge in [-0.15, -0.1) is 0 Å². The summed E-state index contributed by atoms with van der Waals surface area (Å²) in [5, 5.41) is 6.25. The van der Waals surface area contributed by atoms with Crippen LogP contribution in [-0.4, -0.2) is 9.97 Å². The summed E-state index contributed by atoms with van der Waals surface area (Å²) in [6.07, 6.45) is 1.17. The predicted molar refractivity (Wildman–Crippen MR) is 44.7 cm³/mol. The molecule has 0 fully saturated rings. The van der Waals surface area contributed by atoms with E-state index in [0.29, 0.717) is 0 Å². The second-order valence-electron chi connectivity index (χ2n) is 1.72. The first-order chi connectivity index (χ1) is 6.27. The zero-order chi connectivity index (χ0) is 9.68. The lowest BCUT2D eigenvalue weighted by molar-refractivity contribution is 1.14. The zero-order valence-corrected chi connectivity index (χ0v) is 6.79. The van der Waals surface area contributed by atoms with Gasteiger partial charge in [-0.3, -0.25) is 0 Å². The second-order valence-corrected chi connectivity index (χ2v) is 2.08. The SMILES string of the molecule is [N-]=[N+]=Nc1cnc(Cl)c(N=[N+]=[N-])n1. The van der Waals surface area contributed by atoms with Gasteiger partial charge >= 0.3 is 0 Å². The largest absolute Gasteiger partial charge is 0.240 e. The summed E-state index contributed by atoms with van der Waals surface area (Å²) >= 11 is 5.50. The maximum absolute atomic E-state index is 8.09. The molecule has 64 valence electrons. The Morgan fingerprint density at radius 3 is 2.62 bits per heavy atom. The summed E-state index contributed by atoms with van der Waals surface area (Å²) in [5.41, 5.74) is 16.2. The van der Waals surface area contributed by atoms with E-state index in [0.717, 1.165) is 0 Å². The van der Waals surface area contributed by atoms with Gasteiger partial charge in [-0.1, -0.05) is 11.6 Å². The Hall–Kier alpha value is -2.01. The Labute approximate surface area is 76.4 Å². The van der Waals surface area contributed by atoms with Gasteiger partial charge in [0.05, 0.1) is 6.20 Å². The van der Waals surface area contributed by atoms with E-state index in [1.807, 2.05) is 0 Å². The van der Waals surface area contributed by atoms with Gasteiger partial charge in [0.2, 0.25) is 0 Å². The molecule has 8 nitrogen and oxygen atoms in total. The van der Waals surface area contributed by atoms with Gasteiger partial charge in [0.25, 0.3) is 0 Å². The van der Waals surface area contributed by atoms with Crippen LogP contribution in [0.3, 0.4) is 0 Å².